The fraction of sp³-hybridized carbons (Fsp3) is 0.692. The Kier molecular flexibility index (Phi) is 4.80. The van der Waals surface area contributed by atoms with Crippen LogP contribution in [0.25, 0.3) is 0 Å². The zero-order chi connectivity index (χ0) is 13.0. The van der Waals surface area contributed by atoms with Gasteiger partial charge in [0.15, 0.2) is 0 Å². The summed E-state index contributed by atoms with van der Waals surface area (Å²) < 4.78 is 6.92. The SMILES string of the molecule is CCC1CCCCC1Oc1nc(NC)ncc1Br. The zero-order valence-electron chi connectivity index (χ0n) is 10.9. The van der Waals surface area contributed by atoms with Gasteiger partial charge in [-0.05, 0) is 47.5 Å². The van der Waals surface area contributed by atoms with E-state index in [0.29, 0.717) is 23.9 Å². The molecule has 100 valence electrons. The van der Waals surface area contributed by atoms with E-state index in [4.69, 9.17) is 4.74 Å². The second kappa shape index (κ2) is 6.36. The van der Waals surface area contributed by atoms with E-state index in [1.807, 2.05) is 7.05 Å². The quantitative estimate of drug-likeness (QED) is 0.922. The van der Waals surface area contributed by atoms with Gasteiger partial charge in [-0.2, -0.15) is 4.98 Å². The van der Waals surface area contributed by atoms with Crippen LogP contribution in [0.2, 0.25) is 0 Å². The summed E-state index contributed by atoms with van der Waals surface area (Å²) in [5.74, 6) is 1.90. The molecule has 1 aliphatic carbocycles. The first kappa shape index (κ1) is 13.6. The second-order valence-corrected chi connectivity index (χ2v) is 5.56. The number of nitrogens with one attached hydrogen (secondary N) is 1. The highest BCUT2D eigenvalue weighted by molar-refractivity contribution is 9.10. The number of anilines is 1. The standard InChI is InChI=1S/C13H20BrN3O/c1-3-9-6-4-5-7-11(9)18-12-10(14)8-16-13(15-2)17-12/h8-9,11H,3-7H2,1-2H3,(H,15,16,17). The summed E-state index contributed by atoms with van der Waals surface area (Å²) in [7, 11) is 1.81. The van der Waals surface area contributed by atoms with Crippen molar-refractivity contribution in [1.82, 2.24) is 9.97 Å². The molecule has 2 rings (SSSR count). The lowest BCUT2D eigenvalue weighted by Gasteiger charge is -2.31. The molecule has 0 aromatic carbocycles. The van der Waals surface area contributed by atoms with E-state index in [-0.39, 0.29) is 0 Å². The van der Waals surface area contributed by atoms with Gasteiger partial charge in [0.2, 0.25) is 11.8 Å². The van der Waals surface area contributed by atoms with Gasteiger partial charge in [0, 0.05) is 7.05 Å². The molecule has 0 bridgehead atoms. The molecule has 2 unspecified atom stereocenters. The number of hydrogen-bond acceptors (Lipinski definition) is 4. The lowest BCUT2D eigenvalue weighted by Crippen LogP contribution is -2.30. The fourth-order valence-corrected chi connectivity index (χ4v) is 2.78. The van der Waals surface area contributed by atoms with Crippen LogP contribution in [0.5, 0.6) is 5.88 Å². The largest absolute Gasteiger partial charge is 0.473 e. The molecule has 0 saturated heterocycles. The van der Waals surface area contributed by atoms with Crippen LogP contribution in [0.4, 0.5) is 5.95 Å². The highest BCUT2D eigenvalue weighted by Gasteiger charge is 2.26. The van der Waals surface area contributed by atoms with E-state index in [1.165, 1.54) is 25.7 Å². The molecule has 2 atom stereocenters. The average Bonchev–Trinajstić information content (AvgIpc) is 2.42. The van der Waals surface area contributed by atoms with Crippen LogP contribution >= 0.6 is 15.9 Å². The number of halogens is 1. The molecule has 1 aromatic rings. The molecular formula is C13H20BrN3O. The number of aromatic nitrogens is 2. The first-order chi connectivity index (χ1) is 8.74. The average molecular weight is 314 g/mol. The van der Waals surface area contributed by atoms with Crippen LogP contribution in [-0.2, 0) is 0 Å². The Balaban J connectivity index is 2.11. The van der Waals surface area contributed by atoms with Gasteiger partial charge in [-0.25, -0.2) is 4.98 Å². The minimum atomic E-state index is 0.291. The third-order valence-corrected chi connectivity index (χ3v) is 4.11. The Morgan fingerprint density at radius 2 is 2.22 bits per heavy atom. The van der Waals surface area contributed by atoms with E-state index in [0.717, 1.165) is 10.9 Å². The van der Waals surface area contributed by atoms with Gasteiger partial charge in [0.25, 0.3) is 0 Å². The lowest BCUT2D eigenvalue weighted by atomic mass is 9.85. The fourth-order valence-electron chi connectivity index (χ4n) is 2.49. The van der Waals surface area contributed by atoms with Gasteiger partial charge in [-0.1, -0.05) is 13.3 Å². The molecule has 1 fully saturated rings. The van der Waals surface area contributed by atoms with Crippen LogP contribution in [0.15, 0.2) is 10.7 Å². The van der Waals surface area contributed by atoms with Crippen LogP contribution < -0.4 is 10.1 Å². The minimum absolute atomic E-state index is 0.291. The Labute approximate surface area is 117 Å². The minimum Gasteiger partial charge on any atom is -0.473 e. The Morgan fingerprint density at radius 1 is 1.44 bits per heavy atom. The maximum Gasteiger partial charge on any atom is 0.233 e. The number of hydrogen-bond donors (Lipinski definition) is 1. The number of ether oxygens (including phenoxy) is 1. The molecule has 1 aliphatic rings. The van der Waals surface area contributed by atoms with Gasteiger partial charge in [-0.3, -0.25) is 0 Å². The molecule has 1 aromatic heterocycles. The van der Waals surface area contributed by atoms with Crippen molar-refractivity contribution in [3.63, 3.8) is 0 Å². The molecule has 5 heteroatoms. The third kappa shape index (κ3) is 3.13. The third-order valence-electron chi connectivity index (χ3n) is 3.56. The predicted octanol–water partition coefficient (Wildman–Crippen LogP) is 3.63. The summed E-state index contributed by atoms with van der Waals surface area (Å²) in [6, 6.07) is 0. The van der Waals surface area contributed by atoms with Crippen LogP contribution in [0.3, 0.4) is 0 Å². The maximum absolute atomic E-state index is 6.09. The summed E-state index contributed by atoms with van der Waals surface area (Å²) in [6.07, 6.45) is 8.17. The second-order valence-electron chi connectivity index (χ2n) is 4.71. The molecule has 1 heterocycles. The Morgan fingerprint density at radius 3 is 2.94 bits per heavy atom. The molecule has 1 N–H and O–H groups in total. The topological polar surface area (TPSA) is 47.0 Å². The van der Waals surface area contributed by atoms with Crippen LogP contribution in [0, 0.1) is 5.92 Å². The first-order valence-corrected chi connectivity index (χ1v) is 7.40. The van der Waals surface area contributed by atoms with Gasteiger partial charge in [0.05, 0.1) is 10.7 Å². The zero-order valence-corrected chi connectivity index (χ0v) is 12.5. The van der Waals surface area contributed by atoms with Crippen molar-refractivity contribution in [2.75, 3.05) is 12.4 Å². The van der Waals surface area contributed by atoms with Crippen LogP contribution in [0.1, 0.15) is 39.0 Å². The highest BCUT2D eigenvalue weighted by atomic mass is 79.9. The Bertz CT molecular complexity index is 400. The maximum atomic E-state index is 6.09. The molecular weight excluding hydrogens is 294 g/mol. The van der Waals surface area contributed by atoms with E-state index in [1.54, 1.807) is 6.20 Å². The normalized spacial score (nSPS) is 23.7. The summed E-state index contributed by atoms with van der Waals surface area (Å²) >= 11 is 3.45. The molecule has 4 nitrogen and oxygen atoms in total. The van der Waals surface area contributed by atoms with Gasteiger partial charge < -0.3 is 10.1 Å². The summed E-state index contributed by atoms with van der Waals surface area (Å²) in [5, 5.41) is 2.93. The van der Waals surface area contributed by atoms with E-state index >= 15 is 0 Å². The number of nitrogens with zero attached hydrogens (tertiary/aromatic N) is 2. The van der Waals surface area contributed by atoms with Gasteiger partial charge in [-0.15, -0.1) is 0 Å². The van der Waals surface area contributed by atoms with E-state index < -0.39 is 0 Å². The highest BCUT2D eigenvalue weighted by Crippen LogP contribution is 2.32. The van der Waals surface area contributed by atoms with E-state index in [2.05, 4.69) is 38.1 Å². The molecule has 0 aliphatic heterocycles. The summed E-state index contributed by atoms with van der Waals surface area (Å²) in [4.78, 5) is 8.50. The van der Waals surface area contributed by atoms with Crippen LogP contribution in [-0.4, -0.2) is 23.1 Å². The Hall–Kier alpha value is -0.840. The smallest absolute Gasteiger partial charge is 0.233 e. The predicted molar refractivity (Wildman–Crippen MR) is 75.9 cm³/mol. The lowest BCUT2D eigenvalue weighted by molar-refractivity contribution is 0.0850. The molecule has 1 saturated carbocycles. The first-order valence-electron chi connectivity index (χ1n) is 6.61. The van der Waals surface area contributed by atoms with Crippen molar-refractivity contribution in [1.29, 1.82) is 0 Å². The van der Waals surface area contributed by atoms with Gasteiger partial charge >= 0.3 is 0 Å². The molecule has 0 spiro atoms. The summed E-state index contributed by atoms with van der Waals surface area (Å²) in [6.45, 7) is 2.24. The van der Waals surface area contributed by atoms with E-state index in [9.17, 15) is 0 Å². The molecule has 0 radical (unpaired) electrons. The van der Waals surface area contributed by atoms with Gasteiger partial charge in [0.1, 0.15) is 6.10 Å². The molecule has 18 heavy (non-hydrogen) atoms. The summed E-state index contributed by atoms with van der Waals surface area (Å²) in [5.41, 5.74) is 0. The monoisotopic (exact) mass is 313 g/mol. The van der Waals surface area contributed by atoms with Crippen molar-refractivity contribution < 1.29 is 4.74 Å². The molecule has 0 amide bonds. The van der Waals surface area contributed by atoms with Crippen molar-refractivity contribution in [3.8, 4) is 5.88 Å². The van der Waals surface area contributed by atoms with Crippen molar-refractivity contribution in [2.45, 2.75) is 45.1 Å². The van der Waals surface area contributed by atoms with Crippen molar-refractivity contribution >= 4 is 21.9 Å². The number of rotatable bonds is 4. The van der Waals surface area contributed by atoms with Crippen molar-refractivity contribution in [2.24, 2.45) is 5.92 Å². The van der Waals surface area contributed by atoms with Crippen molar-refractivity contribution in [3.05, 3.63) is 10.7 Å².